The van der Waals surface area contributed by atoms with E-state index in [1.54, 1.807) is 4.57 Å². The highest BCUT2D eigenvalue weighted by Crippen LogP contribution is 2.22. The van der Waals surface area contributed by atoms with Crippen molar-refractivity contribution in [3.63, 3.8) is 0 Å². The van der Waals surface area contributed by atoms with E-state index in [0.29, 0.717) is 11.2 Å². The number of nitrogens with zero attached hydrogens (tertiary/aromatic N) is 1. The van der Waals surface area contributed by atoms with E-state index in [-0.39, 0.29) is 11.6 Å². The molecule has 0 aliphatic carbocycles. The van der Waals surface area contributed by atoms with E-state index < -0.39 is 0 Å². The van der Waals surface area contributed by atoms with Gasteiger partial charge in [0.25, 0.3) is 5.56 Å². The zero-order chi connectivity index (χ0) is 15.0. The molecule has 0 spiro atoms. The largest absolute Gasteiger partial charge is 0.385 e. The third kappa shape index (κ3) is 2.31. The molecule has 0 fully saturated rings. The number of hydrogen-bond acceptors (Lipinski definition) is 2. The molecule has 0 aliphatic heterocycles. The molecular weight excluding hydrogens is 260 g/mol. The summed E-state index contributed by atoms with van der Waals surface area (Å²) in [5.41, 5.74) is 8.35. The fraction of sp³-hybridized carbons (Fsp3) is 0.167. The average Bonchev–Trinajstić information content (AvgIpc) is 2.48. The smallest absolute Gasteiger partial charge is 0.260 e. The van der Waals surface area contributed by atoms with Crippen molar-refractivity contribution in [2.24, 2.45) is 0 Å². The molecule has 3 rings (SSSR count). The summed E-state index contributed by atoms with van der Waals surface area (Å²) in [5.74, 6) is 0.492. The minimum Gasteiger partial charge on any atom is -0.385 e. The van der Waals surface area contributed by atoms with Gasteiger partial charge < -0.3 is 5.73 Å². The van der Waals surface area contributed by atoms with Gasteiger partial charge in [-0.25, -0.2) is 0 Å². The van der Waals surface area contributed by atoms with Crippen LogP contribution in [0.1, 0.15) is 24.1 Å². The van der Waals surface area contributed by atoms with E-state index in [9.17, 15) is 4.79 Å². The van der Waals surface area contributed by atoms with Crippen LogP contribution in [0.2, 0.25) is 0 Å². The summed E-state index contributed by atoms with van der Waals surface area (Å²) < 4.78 is 1.66. The van der Waals surface area contributed by atoms with E-state index in [2.05, 4.69) is 0 Å². The van der Waals surface area contributed by atoms with Gasteiger partial charge in [0, 0.05) is 5.39 Å². The Hall–Kier alpha value is -2.55. The second-order valence-electron chi connectivity index (χ2n) is 5.42. The molecule has 0 bridgehead atoms. The highest BCUT2D eigenvalue weighted by atomic mass is 16.1. The van der Waals surface area contributed by atoms with E-state index in [0.717, 1.165) is 10.9 Å². The maximum atomic E-state index is 12.7. The van der Waals surface area contributed by atoms with Crippen LogP contribution in [0.5, 0.6) is 0 Å². The average molecular weight is 278 g/mol. The van der Waals surface area contributed by atoms with Gasteiger partial charge in [0.05, 0.1) is 6.04 Å². The molecule has 0 amide bonds. The molecule has 1 heterocycles. The van der Waals surface area contributed by atoms with Crippen LogP contribution < -0.4 is 11.3 Å². The van der Waals surface area contributed by atoms with Crippen molar-refractivity contribution in [2.75, 3.05) is 5.73 Å². The Bertz CT molecular complexity index is 847. The first-order valence-electron chi connectivity index (χ1n) is 7.04. The van der Waals surface area contributed by atoms with Crippen molar-refractivity contribution < 1.29 is 0 Å². The fourth-order valence-corrected chi connectivity index (χ4v) is 2.69. The van der Waals surface area contributed by atoms with Gasteiger partial charge >= 0.3 is 0 Å². The van der Waals surface area contributed by atoms with Gasteiger partial charge in [0.15, 0.2) is 0 Å². The fourth-order valence-electron chi connectivity index (χ4n) is 2.69. The van der Waals surface area contributed by atoms with E-state index in [4.69, 9.17) is 5.73 Å². The van der Waals surface area contributed by atoms with Crippen LogP contribution in [0, 0.1) is 6.92 Å². The number of hydrogen-bond donors (Lipinski definition) is 1. The van der Waals surface area contributed by atoms with Crippen molar-refractivity contribution in [3.8, 4) is 0 Å². The molecule has 3 heteroatoms. The topological polar surface area (TPSA) is 48.0 Å². The zero-order valence-electron chi connectivity index (χ0n) is 12.2. The van der Waals surface area contributed by atoms with Crippen LogP contribution in [0.4, 0.5) is 5.82 Å². The molecule has 1 atom stereocenters. The number of rotatable bonds is 2. The number of nitrogen functional groups attached to an aromatic ring is 1. The van der Waals surface area contributed by atoms with Gasteiger partial charge in [-0.2, -0.15) is 0 Å². The summed E-state index contributed by atoms with van der Waals surface area (Å²) >= 11 is 0. The lowest BCUT2D eigenvalue weighted by molar-refractivity contribution is 0.629. The Morgan fingerprint density at radius 1 is 1.05 bits per heavy atom. The van der Waals surface area contributed by atoms with E-state index in [1.807, 2.05) is 68.4 Å². The second-order valence-corrected chi connectivity index (χ2v) is 5.42. The first-order valence-corrected chi connectivity index (χ1v) is 7.04. The molecule has 0 aliphatic rings. The van der Waals surface area contributed by atoms with Gasteiger partial charge in [-0.1, -0.05) is 48.0 Å². The summed E-state index contributed by atoms with van der Waals surface area (Å²) in [7, 11) is 0. The Kier molecular flexibility index (Phi) is 3.26. The number of aromatic nitrogens is 1. The van der Waals surface area contributed by atoms with Crippen molar-refractivity contribution in [2.45, 2.75) is 19.9 Å². The monoisotopic (exact) mass is 278 g/mol. The van der Waals surface area contributed by atoms with Crippen LogP contribution in [-0.2, 0) is 0 Å². The van der Waals surface area contributed by atoms with E-state index >= 15 is 0 Å². The number of pyridine rings is 1. The quantitative estimate of drug-likeness (QED) is 0.780. The number of anilines is 1. The zero-order valence-corrected chi connectivity index (χ0v) is 12.2. The third-order valence-electron chi connectivity index (χ3n) is 3.94. The third-order valence-corrected chi connectivity index (χ3v) is 3.94. The number of fused-ring (bicyclic) bond motifs is 1. The number of nitrogens with two attached hydrogens (primary N) is 1. The lowest BCUT2D eigenvalue weighted by Gasteiger charge is -2.19. The lowest BCUT2D eigenvalue weighted by atomic mass is 10.1. The van der Waals surface area contributed by atoms with Crippen LogP contribution >= 0.6 is 0 Å². The summed E-state index contributed by atoms with van der Waals surface area (Å²) in [6.45, 7) is 4.04. The highest BCUT2D eigenvalue weighted by molar-refractivity contribution is 5.83. The standard InChI is InChI=1S/C18H18N2O/c1-12-7-9-14(10-8-12)13(2)20-17(19)11-15-5-3-4-6-16(15)18(20)21/h3-11,13H,19H2,1-2H3. The molecule has 1 aromatic heterocycles. The predicted molar refractivity (Wildman–Crippen MR) is 87.6 cm³/mol. The summed E-state index contributed by atoms with van der Waals surface area (Å²) in [6, 6.07) is 17.5. The maximum absolute atomic E-state index is 12.7. The molecule has 1 unspecified atom stereocenters. The summed E-state index contributed by atoms with van der Waals surface area (Å²) in [5, 5.41) is 1.58. The minimum atomic E-state index is -0.0947. The normalized spacial score (nSPS) is 12.5. The molecule has 3 nitrogen and oxygen atoms in total. The van der Waals surface area contributed by atoms with Crippen molar-refractivity contribution >= 4 is 16.6 Å². The van der Waals surface area contributed by atoms with Gasteiger partial charge in [-0.15, -0.1) is 0 Å². The van der Waals surface area contributed by atoms with Gasteiger partial charge in [-0.3, -0.25) is 9.36 Å². The molecule has 2 N–H and O–H groups in total. The Balaban J connectivity index is 2.20. The molecule has 0 radical (unpaired) electrons. The predicted octanol–water partition coefficient (Wildman–Crippen LogP) is 3.50. The van der Waals surface area contributed by atoms with Gasteiger partial charge in [-0.05, 0) is 36.9 Å². The Morgan fingerprint density at radius 3 is 2.43 bits per heavy atom. The van der Waals surface area contributed by atoms with Crippen LogP contribution in [0.15, 0.2) is 59.4 Å². The Labute approximate surface area is 123 Å². The summed E-state index contributed by atoms with van der Waals surface area (Å²) in [6.07, 6.45) is 0. The second kappa shape index (κ2) is 5.09. The van der Waals surface area contributed by atoms with Gasteiger partial charge in [0.2, 0.25) is 0 Å². The maximum Gasteiger partial charge on any atom is 0.260 e. The molecule has 106 valence electrons. The van der Waals surface area contributed by atoms with Crippen LogP contribution in [0.3, 0.4) is 0 Å². The highest BCUT2D eigenvalue weighted by Gasteiger charge is 2.14. The first kappa shape index (κ1) is 13.4. The van der Waals surface area contributed by atoms with Crippen molar-refractivity contribution in [1.82, 2.24) is 4.57 Å². The van der Waals surface area contributed by atoms with Gasteiger partial charge in [0.1, 0.15) is 5.82 Å². The SMILES string of the molecule is Cc1ccc(C(C)n2c(N)cc3ccccc3c2=O)cc1. The van der Waals surface area contributed by atoms with E-state index in [1.165, 1.54) is 5.56 Å². The first-order chi connectivity index (χ1) is 10.1. The van der Waals surface area contributed by atoms with Crippen LogP contribution in [0.25, 0.3) is 10.8 Å². The molecule has 0 saturated carbocycles. The Morgan fingerprint density at radius 2 is 1.71 bits per heavy atom. The molecule has 0 saturated heterocycles. The minimum absolute atomic E-state index is 0.0429. The summed E-state index contributed by atoms with van der Waals surface area (Å²) in [4.78, 5) is 12.7. The molecule has 2 aromatic carbocycles. The molecular formula is C18H18N2O. The number of aryl methyl sites for hydroxylation is 1. The molecule has 21 heavy (non-hydrogen) atoms. The van der Waals surface area contributed by atoms with Crippen LogP contribution in [-0.4, -0.2) is 4.57 Å². The lowest BCUT2D eigenvalue weighted by Crippen LogP contribution is -2.26. The molecule has 3 aromatic rings. The van der Waals surface area contributed by atoms with Crippen molar-refractivity contribution in [1.29, 1.82) is 0 Å². The number of benzene rings is 2. The van der Waals surface area contributed by atoms with Crippen molar-refractivity contribution in [3.05, 3.63) is 76.1 Å².